The summed E-state index contributed by atoms with van der Waals surface area (Å²) in [4.78, 5) is 21.9. The number of nitrogens with one attached hydrogen (secondary N) is 2. The molecule has 3 heterocycles. The number of anilines is 1. The van der Waals surface area contributed by atoms with E-state index in [0.29, 0.717) is 5.56 Å². The minimum atomic E-state index is -0.134. The number of aromatic nitrogens is 2. The van der Waals surface area contributed by atoms with Crippen molar-refractivity contribution in [1.82, 2.24) is 15.3 Å². The van der Waals surface area contributed by atoms with Crippen molar-refractivity contribution in [3.05, 3.63) is 90.1 Å². The fourth-order valence-electron chi connectivity index (χ4n) is 3.70. The minimum absolute atomic E-state index is 0.105. The molecule has 7 nitrogen and oxygen atoms in total. The Hall–Kier alpha value is -3.91. The molecule has 2 aromatic heterocycles. The Morgan fingerprint density at radius 1 is 1.12 bits per heavy atom. The van der Waals surface area contributed by atoms with Gasteiger partial charge in [0.05, 0.1) is 16.3 Å². The first kappa shape index (κ1) is 21.0. The lowest BCUT2D eigenvalue weighted by Crippen LogP contribution is -2.25. The SMILES string of the molecule is CNC(=O)c1ccc(-c2cc3ncnc(NC(Cc4ccccc4)C4=COCO4)c3s2)cc1. The van der Waals surface area contributed by atoms with Gasteiger partial charge in [0.2, 0.25) is 6.79 Å². The molecule has 4 aromatic rings. The second-order valence-corrected chi connectivity index (χ2v) is 8.59. The van der Waals surface area contributed by atoms with Gasteiger partial charge in [-0.15, -0.1) is 11.3 Å². The summed E-state index contributed by atoms with van der Waals surface area (Å²) in [6.07, 6.45) is 3.95. The van der Waals surface area contributed by atoms with Gasteiger partial charge in [0.25, 0.3) is 5.91 Å². The maximum atomic E-state index is 11.8. The highest BCUT2D eigenvalue weighted by molar-refractivity contribution is 7.22. The first-order chi connectivity index (χ1) is 16.2. The topological polar surface area (TPSA) is 85.4 Å². The molecule has 1 amide bonds. The van der Waals surface area contributed by atoms with Crippen LogP contribution in [-0.2, 0) is 15.9 Å². The maximum Gasteiger partial charge on any atom is 0.251 e. The zero-order valence-electron chi connectivity index (χ0n) is 17.9. The number of fused-ring (bicyclic) bond motifs is 1. The van der Waals surface area contributed by atoms with Crippen molar-refractivity contribution < 1.29 is 14.3 Å². The number of rotatable bonds is 7. The largest absolute Gasteiger partial charge is 0.462 e. The fourth-order valence-corrected chi connectivity index (χ4v) is 4.77. The van der Waals surface area contributed by atoms with Gasteiger partial charge >= 0.3 is 0 Å². The molecular weight excluding hydrogens is 436 g/mol. The smallest absolute Gasteiger partial charge is 0.251 e. The van der Waals surface area contributed by atoms with Gasteiger partial charge in [0.1, 0.15) is 18.4 Å². The van der Waals surface area contributed by atoms with Crippen LogP contribution in [0.1, 0.15) is 15.9 Å². The van der Waals surface area contributed by atoms with E-state index in [1.807, 2.05) is 48.5 Å². The summed E-state index contributed by atoms with van der Waals surface area (Å²) < 4.78 is 12.0. The highest BCUT2D eigenvalue weighted by Gasteiger charge is 2.22. The number of hydrogen-bond donors (Lipinski definition) is 2. The molecule has 0 aliphatic carbocycles. The third kappa shape index (κ3) is 4.51. The summed E-state index contributed by atoms with van der Waals surface area (Å²) >= 11 is 1.61. The lowest BCUT2D eigenvalue weighted by Gasteiger charge is -2.19. The summed E-state index contributed by atoms with van der Waals surface area (Å²) in [5, 5.41) is 6.18. The van der Waals surface area contributed by atoms with E-state index in [1.165, 1.54) is 5.56 Å². The van der Waals surface area contributed by atoms with E-state index in [1.54, 1.807) is 31.0 Å². The van der Waals surface area contributed by atoms with E-state index in [9.17, 15) is 4.79 Å². The van der Waals surface area contributed by atoms with E-state index in [2.05, 4.69) is 32.7 Å². The molecule has 0 radical (unpaired) electrons. The molecule has 0 saturated heterocycles. The van der Waals surface area contributed by atoms with Gasteiger partial charge in [-0.25, -0.2) is 9.97 Å². The van der Waals surface area contributed by atoms with Crippen LogP contribution in [0, 0.1) is 0 Å². The lowest BCUT2D eigenvalue weighted by molar-refractivity contribution is 0.0764. The zero-order chi connectivity index (χ0) is 22.6. The van der Waals surface area contributed by atoms with Gasteiger partial charge in [-0.05, 0) is 35.7 Å². The van der Waals surface area contributed by atoms with Crippen molar-refractivity contribution in [3.63, 3.8) is 0 Å². The van der Waals surface area contributed by atoms with Crippen molar-refractivity contribution in [2.45, 2.75) is 12.5 Å². The molecule has 1 aliphatic rings. The Balaban J connectivity index is 1.45. The quantitative estimate of drug-likeness (QED) is 0.421. The molecule has 0 fully saturated rings. The molecule has 1 unspecified atom stereocenters. The standard InChI is InChI=1S/C25H22N4O3S/c1-26-25(30)18-9-7-17(8-10-18)22-12-20-23(33-22)24(28-14-27-20)29-19(21-13-31-15-32-21)11-16-5-3-2-4-6-16/h2-10,12-14,19H,11,15H2,1H3,(H,26,30)(H,27,28,29). The first-order valence-corrected chi connectivity index (χ1v) is 11.3. The van der Waals surface area contributed by atoms with Crippen LogP contribution >= 0.6 is 11.3 Å². The molecule has 2 aromatic carbocycles. The van der Waals surface area contributed by atoms with E-state index < -0.39 is 0 Å². The van der Waals surface area contributed by atoms with E-state index >= 15 is 0 Å². The zero-order valence-corrected chi connectivity index (χ0v) is 18.8. The van der Waals surface area contributed by atoms with E-state index in [-0.39, 0.29) is 18.7 Å². The van der Waals surface area contributed by atoms with Gasteiger partial charge in [-0.1, -0.05) is 42.5 Å². The first-order valence-electron chi connectivity index (χ1n) is 10.5. The van der Waals surface area contributed by atoms with E-state index in [4.69, 9.17) is 9.47 Å². The minimum Gasteiger partial charge on any atom is -0.462 e. The predicted octanol–water partition coefficient (Wildman–Crippen LogP) is 4.59. The average Bonchev–Trinajstić information content (AvgIpc) is 3.55. The Morgan fingerprint density at radius 2 is 1.94 bits per heavy atom. The molecule has 33 heavy (non-hydrogen) atoms. The molecule has 2 N–H and O–H groups in total. The third-order valence-electron chi connectivity index (χ3n) is 5.40. The number of amides is 1. The molecule has 0 saturated carbocycles. The summed E-state index contributed by atoms with van der Waals surface area (Å²) in [5.74, 6) is 1.38. The molecule has 8 heteroatoms. The molecule has 1 atom stereocenters. The van der Waals surface area contributed by atoms with Crippen molar-refractivity contribution in [3.8, 4) is 10.4 Å². The fraction of sp³-hybridized carbons (Fsp3) is 0.160. The third-order valence-corrected chi connectivity index (χ3v) is 6.58. The van der Waals surface area contributed by atoms with Crippen molar-refractivity contribution >= 4 is 33.3 Å². The Morgan fingerprint density at radius 3 is 2.67 bits per heavy atom. The van der Waals surface area contributed by atoms with Crippen molar-refractivity contribution in [1.29, 1.82) is 0 Å². The molecule has 0 spiro atoms. The van der Waals surface area contributed by atoms with Gasteiger partial charge < -0.3 is 20.1 Å². The molecular formula is C25H22N4O3S. The maximum absolute atomic E-state index is 11.8. The number of benzene rings is 2. The summed E-state index contributed by atoms with van der Waals surface area (Å²) in [7, 11) is 1.62. The van der Waals surface area contributed by atoms with Crippen LogP contribution in [-0.4, -0.2) is 35.8 Å². The summed E-state index contributed by atoms with van der Waals surface area (Å²) in [6, 6.07) is 19.7. The number of thiophene rings is 1. The highest BCUT2D eigenvalue weighted by atomic mass is 32.1. The lowest BCUT2D eigenvalue weighted by atomic mass is 10.0. The van der Waals surface area contributed by atoms with Crippen LogP contribution in [0.25, 0.3) is 20.7 Å². The van der Waals surface area contributed by atoms with Crippen molar-refractivity contribution in [2.75, 3.05) is 19.2 Å². The normalized spacial score (nSPS) is 13.7. The van der Waals surface area contributed by atoms with Crippen LogP contribution < -0.4 is 10.6 Å². The van der Waals surface area contributed by atoms with Gasteiger partial charge in [-0.3, -0.25) is 4.79 Å². The van der Waals surface area contributed by atoms with Crippen molar-refractivity contribution in [2.24, 2.45) is 0 Å². The molecule has 1 aliphatic heterocycles. The predicted molar refractivity (Wildman–Crippen MR) is 129 cm³/mol. The Kier molecular flexibility index (Phi) is 5.91. The van der Waals surface area contributed by atoms with Crippen LogP contribution in [0.15, 0.2) is 79.0 Å². The molecule has 166 valence electrons. The average molecular weight is 459 g/mol. The van der Waals surface area contributed by atoms with Crippen LogP contribution in [0.4, 0.5) is 5.82 Å². The van der Waals surface area contributed by atoms with Gasteiger partial charge in [-0.2, -0.15) is 0 Å². The second kappa shape index (κ2) is 9.30. The number of hydrogen-bond acceptors (Lipinski definition) is 7. The van der Waals surface area contributed by atoms with Gasteiger partial charge in [0, 0.05) is 17.5 Å². The molecule has 0 bridgehead atoms. The summed E-state index contributed by atoms with van der Waals surface area (Å²) in [6.45, 7) is 0.219. The Labute approximate surface area is 195 Å². The summed E-state index contributed by atoms with van der Waals surface area (Å²) in [5.41, 5.74) is 3.69. The number of ether oxygens (including phenoxy) is 2. The van der Waals surface area contributed by atoms with Gasteiger partial charge in [0.15, 0.2) is 5.76 Å². The van der Waals surface area contributed by atoms with E-state index in [0.717, 1.165) is 38.7 Å². The van der Waals surface area contributed by atoms with Crippen LogP contribution in [0.3, 0.4) is 0 Å². The second-order valence-electron chi connectivity index (χ2n) is 7.54. The number of nitrogens with zero attached hydrogens (tertiary/aromatic N) is 2. The number of carbonyl (C=O) groups excluding carboxylic acids is 1. The monoisotopic (exact) mass is 458 g/mol. The van der Waals surface area contributed by atoms with Crippen LogP contribution in [0.5, 0.6) is 0 Å². The molecule has 5 rings (SSSR count). The number of carbonyl (C=O) groups is 1. The van der Waals surface area contributed by atoms with Crippen LogP contribution in [0.2, 0.25) is 0 Å². The Bertz CT molecular complexity index is 1300. The highest BCUT2D eigenvalue weighted by Crippen LogP contribution is 2.36.